The lowest BCUT2D eigenvalue weighted by Gasteiger charge is -2.28. The van der Waals surface area contributed by atoms with E-state index in [1.165, 1.54) is 32.2 Å². The lowest BCUT2D eigenvalue weighted by atomic mass is 10.1. The van der Waals surface area contributed by atoms with E-state index in [9.17, 15) is 0 Å². The van der Waals surface area contributed by atoms with Crippen molar-refractivity contribution in [3.05, 3.63) is 11.7 Å². The average Bonchev–Trinajstić information content (AvgIpc) is 3.18. The van der Waals surface area contributed by atoms with Crippen LogP contribution in [0.15, 0.2) is 4.52 Å². The van der Waals surface area contributed by atoms with Crippen LogP contribution in [0.4, 0.5) is 0 Å². The fourth-order valence-corrected chi connectivity index (χ4v) is 3.50. The summed E-state index contributed by atoms with van der Waals surface area (Å²) in [5, 5.41) is 4.10. The Labute approximate surface area is 139 Å². The molecule has 0 aliphatic carbocycles. The predicted octanol–water partition coefficient (Wildman–Crippen LogP) is 2.27. The maximum Gasteiger partial charge on any atom is 0.229 e. The molecule has 0 spiro atoms. The highest BCUT2D eigenvalue weighted by Crippen LogP contribution is 2.20. The first kappa shape index (κ1) is 16.9. The van der Waals surface area contributed by atoms with Crippen molar-refractivity contribution in [2.45, 2.75) is 64.1 Å². The van der Waals surface area contributed by atoms with E-state index in [-0.39, 0.29) is 0 Å². The zero-order chi connectivity index (χ0) is 16.2. The molecule has 130 valence electrons. The van der Waals surface area contributed by atoms with Gasteiger partial charge in [0.15, 0.2) is 5.82 Å². The molecule has 3 rings (SSSR count). The Kier molecular flexibility index (Phi) is 5.67. The molecule has 0 saturated carbocycles. The molecule has 0 radical (unpaired) electrons. The van der Waals surface area contributed by atoms with Crippen LogP contribution in [-0.2, 0) is 11.3 Å². The first-order chi connectivity index (χ1) is 11.1. The van der Waals surface area contributed by atoms with E-state index in [1.807, 2.05) is 0 Å². The Morgan fingerprint density at radius 3 is 2.87 bits per heavy atom. The molecule has 6 heteroatoms. The summed E-state index contributed by atoms with van der Waals surface area (Å²) < 4.78 is 11.2. The number of likely N-dealkylation sites (N-methyl/N-ethyl adjacent to an activating group) is 1. The second kappa shape index (κ2) is 7.73. The van der Waals surface area contributed by atoms with E-state index in [4.69, 9.17) is 9.26 Å². The number of hydrogen-bond acceptors (Lipinski definition) is 6. The quantitative estimate of drug-likeness (QED) is 0.801. The summed E-state index contributed by atoms with van der Waals surface area (Å²) in [6.07, 6.45) is 5.41. The summed E-state index contributed by atoms with van der Waals surface area (Å²) >= 11 is 0. The van der Waals surface area contributed by atoms with Crippen LogP contribution in [0.25, 0.3) is 0 Å². The second-order valence-corrected chi connectivity index (χ2v) is 7.31. The smallest absolute Gasteiger partial charge is 0.229 e. The Balaban J connectivity index is 1.45. The fourth-order valence-electron chi connectivity index (χ4n) is 3.50. The summed E-state index contributed by atoms with van der Waals surface area (Å²) in [7, 11) is 2.16. The van der Waals surface area contributed by atoms with Gasteiger partial charge in [0.1, 0.15) is 0 Å². The summed E-state index contributed by atoms with van der Waals surface area (Å²) in [6.45, 7) is 9.21. The van der Waals surface area contributed by atoms with E-state index in [0.29, 0.717) is 18.1 Å². The van der Waals surface area contributed by atoms with E-state index in [2.05, 4.69) is 40.8 Å². The third kappa shape index (κ3) is 4.52. The van der Waals surface area contributed by atoms with Gasteiger partial charge in [0.2, 0.25) is 5.89 Å². The Morgan fingerprint density at radius 1 is 1.30 bits per heavy atom. The van der Waals surface area contributed by atoms with Gasteiger partial charge in [0, 0.05) is 31.7 Å². The molecule has 2 aliphatic rings. The lowest BCUT2D eigenvalue weighted by Crippen LogP contribution is -2.38. The van der Waals surface area contributed by atoms with Crippen molar-refractivity contribution in [2.24, 2.45) is 0 Å². The molecule has 2 saturated heterocycles. The molecule has 2 aliphatic heterocycles. The van der Waals surface area contributed by atoms with Crippen molar-refractivity contribution in [1.82, 2.24) is 19.9 Å². The number of aromatic nitrogens is 2. The minimum atomic E-state index is 0.291. The largest absolute Gasteiger partial charge is 0.377 e. The van der Waals surface area contributed by atoms with Gasteiger partial charge in [-0.3, -0.25) is 9.80 Å². The molecule has 1 aromatic rings. The van der Waals surface area contributed by atoms with Gasteiger partial charge in [-0.05, 0) is 39.3 Å². The third-order valence-electron chi connectivity index (χ3n) is 4.98. The van der Waals surface area contributed by atoms with Crippen molar-refractivity contribution in [1.29, 1.82) is 0 Å². The van der Waals surface area contributed by atoms with Crippen molar-refractivity contribution in [3.8, 4) is 0 Å². The highest BCUT2D eigenvalue weighted by molar-refractivity contribution is 4.92. The average molecular weight is 322 g/mol. The van der Waals surface area contributed by atoms with Crippen LogP contribution >= 0.6 is 0 Å². The number of hydrogen-bond donors (Lipinski definition) is 0. The molecule has 23 heavy (non-hydrogen) atoms. The van der Waals surface area contributed by atoms with E-state index >= 15 is 0 Å². The van der Waals surface area contributed by atoms with Crippen molar-refractivity contribution < 1.29 is 9.26 Å². The molecule has 3 heterocycles. The zero-order valence-electron chi connectivity index (χ0n) is 14.7. The van der Waals surface area contributed by atoms with Crippen LogP contribution in [0.2, 0.25) is 0 Å². The number of rotatable bonds is 6. The minimum Gasteiger partial charge on any atom is -0.377 e. The summed E-state index contributed by atoms with van der Waals surface area (Å²) in [4.78, 5) is 9.39. The molecule has 0 amide bonds. The Hall–Kier alpha value is -0.980. The van der Waals surface area contributed by atoms with Crippen LogP contribution in [-0.4, -0.2) is 65.4 Å². The van der Waals surface area contributed by atoms with Crippen molar-refractivity contribution >= 4 is 0 Å². The second-order valence-electron chi connectivity index (χ2n) is 7.31. The van der Waals surface area contributed by atoms with Gasteiger partial charge in [-0.1, -0.05) is 19.0 Å². The van der Waals surface area contributed by atoms with Gasteiger partial charge in [-0.25, -0.2) is 0 Å². The normalized spacial score (nSPS) is 26.5. The molecule has 0 unspecified atom stereocenters. The maximum atomic E-state index is 5.87. The monoisotopic (exact) mass is 322 g/mol. The van der Waals surface area contributed by atoms with Crippen LogP contribution in [0, 0.1) is 0 Å². The fraction of sp³-hybridized carbons (Fsp3) is 0.882. The van der Waals surface area contributed by atoms with Crippen LogP contribution in [0.5, 0.6) is 0 Å². The number of ether oxygens (including phenoxy) is 1. The highest BCUT2D eigenvalue weighted by atomic mass is 16.5. The summed E-state index contributed by atoms with van der Waals surface area (Å²) in [6, 6.07) is 0.569. The molecule has 2 fully saturated rings. The van der Waals surface area contributed by atoms with Crippen LogP contribution < -0.4 is 0 Å². The predicted molar refractivity (Wildman–Crippen MR) is 88.3 cm³/mol. The van der Waals surface area contributed by atoms with E-state index in [0.717, 1.165) is 38.0 Å². The standard InChI is InChI=1S/C17H30N4O2/c1-13(2)17-18-16(19-23-17)12-20(3)14-7-8-21(10-14)11-15-6-4-5-9-22-15/h13-15H,4-12H2,1-3H3/t14-,15-/m1/s1. The number of nitrogens with zero attached hydrogens (tertiary/aromatic N) is 4. The zero-order valence-corrected chi connectivity index (χ0v) is 14.7. The van der Waals surface area contributed by atoms with Gasteiger partial charge >= 0.3 is 0 Å². The van der Waals surface area contributed by atoms with Gasteiger partial charge in [0.25, 0.3) is 0 Å². The van der Waals surface area contributed by atoms with E-state index in [1.54, 1.807) is 0 Å². The Bertz CT molecular complexity index is 485. The lowest BCUT2D eigenvalue weighted by molar-refractivity contribution is -0.00281. The van der Waals surface area contributed by atoms with Crippen LogP contribution in [0.3, 0.4) is 0 Å². The van der Waals surface area contributed by atoms with Crippen molar-refractivity contribution in [2.75, 3.05) is 33.3 Å². The van der Waals surface area contributed by atoms with Gasteiger partial charge in [-0.2, -0.15) is 4.98 Å². The number of likely N-dealkylation sites (tertiary alicyclic amines) is 1. The minimum absolute atomic E-state index is 0.291. The SMILES string of the molecule is CC(C)c1nc(CN(C)[C@@H]2CCN(C[C@H]3CCCCO3)C2)no1. The topological polar surface area (TPSA) is 54.6 Å². The summed E-state index contributed by atoms with van der Waals surface area (Å²) in [5.41, 5.74) is 0. The summed E-state index contributed by atoms with van der Waals surface area (Å²) in [5.74, 6) is 1.82. The highest BCUT2D eigenvalue weighted by Gasteiger charge is 2.28. The molecule has 0 N–H and O–H groups in total. The molecule has 0 bridgehead atoms. The molecule has 1 aromatic heterocycles. The molecule has 2 atom stereocenters. The molecular weight excluding hydrogens is 292 g/mol. The van der Waals surface area contributed by atoms with Gasteiger partial charge in [0.05, 0.1) is 12.6 Å². The molecule has 0 aromatic carbocycles. The molecular formula is C17H30N4O2. The van der Waals surface area contributed by atoms with Crippen LogP contribution in [0.1, 0.15) is 57.2 Å². The first-order valence-electron chi connectivity index (χ1n) is 8.98. The van der Waals surface area contributed by atoms with Gasteiger partial charge in [-0.15, -0.1) is 0 Å². The first-order valence-corrected chi connectivity index (χ1v) is 8.98. The van der Waals surface area contributed by atoms with Gasteiger partial charge < -0.3 is 9.26 Å². The maximum absolute atomic E-state index is 5.87. The molecule has 6 nitrogen and oxygen atoms in total. The third-order valence-corrected chi connectivity index (χ3v) is 4.98. The van der Waals surface area contributed by atoms with Crippen molar-refractivity contribution in [3.63, 3.8) is 0 Å². The Morgan fingerprint density at radius 2 is 2.17 bits per heavy atom. The van der Waals surface area contributed by atoms with E-state index < -0.39 is 0 Å².